The summed E-state index contributed by atoms with van der Waals surface area (Å²) in [5, 5.41) is 10.2. The second-order valence-corrected chi connectivity index (χ2v) is 4.95. The zero-order valence-corrected chi connectivity index (χ0v) is 11.8. The smallest absolute Gasteiger partial charge is 0.319 e. The first-order valence-electron chi connectivity index (χ1n) is 7.38. The molecule has 1 rings (SSSR count). The van der Waals surface area contributed by atoms with Crippen LogP contribution < -0.4 is 0 Å². The number of unbranched alkanes of at least 4 members (excludes halogenated alkanes) is 2. The van der Waals surface area contributed by atoms with Crippen LogP contribution in [0.3, 0.4) is 0 Å². The van der Waals surface area contributed by atoms with Gasteiger partial charge in [0, 0.05) is 0 Å². The molecule has 0 aromatic heterocycles. The van der Waals surface area contributed by atoms with Gasteiger partial charge in [-0.1, -0.05) is 39.5 Å². The molecule has 1 atom stereocenters. The van der Waals surface area contributed by atoms with E-state index in [1.54, 1.807) is 0 Å². The molecule has 18 heavy (non-hydrogen) atoms. The maximum absolute atomic E-state index is 10.2. The Morgan fingerprint density at radius 3 is 2.28 bits per heavy atom. The molecule has 1 fully saturated rings. The molecule has 0 bridgehead atoms. The molecule has 1 aliphatic rings. The first-order valence-corrected chi connectivity index (χ1v) is 7.38. The van der Waals surface area contributed by atoms with Gasteiger partial charge in [-0.2, -0.15) is 0 Å². The molecular formula is C14H28O4. The van der Waals surface area contributed by atoms with Crippen LogP contribution in [0.4, 0.5) is 0 Å². The lowest BCUT2D eigenvalue weighted by atomic mass is 10.3. The molecule has 4 heteroatoms. The van der Waals surface area contributed by atoms with Gasteiger partial charge in [0.05, 0.1) is 19.3 Å². The number of hydrogen-bond acceptors (Lipinski definition) is 4. The van der Waals surface area contributed by atoms with Crippen molar-refractivity contribution in [3.63, 3.8) is 0 Å². The molecule has 0 spiro atoms. The standard InChI is InChI=1S/C14H28O4/c1-3-5-8-12-17-14(15,16-11-4-2)18-13-9-6-7-10-13/h13,15H,3-12H2,1-2H3. The molecule has 0 aliphatic heterocycles. The lowest BCUT2D eigenvalue weighted by Crippen LogP contribution is -2.42. The van der Waals surface area contributed by atoms with E-state index in [1.807, 2.05) is 6.92 Å². The van der Waals surface area contributed by atoms with Crippen molar-refractivity contribution < 1.29 is 19.3 Å². The molecule has 1 saturated carbocycles. The van der Waals surface area contributed by atoms with E-state index in [1.165, 1.54) is 0 Å². The summed E-state index contributed by atoms with van der Waals surface area (Å²) in [7, 11) is 0. The minimum absolute atomic E-state index is 0.0676. The van der Waals surface area contributed by atoms with Gasteiger partial charge in [-0.3, -0.25) is 0 Å². The van der Waals surface area contributed by atoms with Gasteiger partial charge in [0.25, 0.3) is 0 Å². The largest absolute Gasteiger partial charge is 0.410 e. The van der Waals surface area contributed by atoms with E-state index in [-0.39, 0.29) is 6.10 Å². The summed E-state index contributed by atoms with van der Waals surface area (Å²) in [6.45, 7) is 5.04. The van der Waals surface area contributed by atoms with Crippen LogP contribution in [0.1, 0.15) is 65.2 Å². The molecule has 0 heterocycles. The van der Waals surface area contributed by atoms with Gasteiger partial charge >= 0.3 is 6.16 Å². The summed E-state index contributed by atoms with van der Waals surface area (Å²) in [5.41, 5.74) is 0. The normalized spacial score (nSPS) is 20.2. The van der Waals surface area contributed by atoms with Gasteiger partial charge < -0.3 is 19.3 Å². The lowest BCUT2D eigenvalue weighted by Gasteiger charge is -2.29. The Morgan fingerprint density at radius 1 is 1.00 bits per heavy atom. The van der Waals surface area contributed by atoms with Crippen LogP contribution in [0, 0.1) is 0 Å². The van der Waals surface area contributed by atoms with Crippen LogP contribution >= 0.6 is 0 Å². The molecule has 1 aliphatic carbocycles. The first-order chi connectivity index (χ1) is 8.70. The highest BCUT2D eigenvalue weighted by atomic mass is 17.0. The zero-order valence-electron chi connectivity index (χ0n) is 11.8. The highest BCUT2D eigenvalue weighted by Crippen LogP contribution is 2.26. The van der Waals surface area contributed by atoms with Crippen LogP contribution in [-0.2, 0) is 14.2 Å². The Kier molecular flexibility index (Phi) is 7.82. The van der Waals surface area contributed by atoms with Crippen LogP contribution in [0.5, 0.6) is 0 Å². The fourth-order valence-corrected chi connectivity index (χ4v) is 2.11. The van der Waals surface area contributed by atoms with Gasteiger partial charge in [-0.05, 0) is 25.7 Å². The first kappa shape index (κ1) is 15.9. The van der Waals surface area contributed by atoms with Crippen LogP contribution in [0.2, 0.25) is 0 Å². The predicted octanol–water partition coefficient (Wildman–Crippen LogP) is 3.18. The van der Waals surface area contributed by atoms with Crippen molar-refractivity contribution in [2.75, 3.05) is 13.2 Å². The maximum Gasteiger partial charge on any atom is 0.410 e. The van der Waals surface area contributed by atoms with Crippen molar-refractivity contribution in [2.24, 2.45) is 0 Å². The van der Waals surface area contributed by atoms with Crippen molar-refractivity contribution in [1.82, 2.24) is 0 Å². The molecule has 1 N–H and O–H groups in total. The lowest BCUT2D eigenvalue weighted by molar-refractivity contribution is -0.494. The van der Waals surface area contributed by atoms with E-state index in [4.69, 9.17) is 14.2 Å². The average Bonchev–Trinajstić information content (AvgIpc) is 2.85. The van der Waals surface area contributed by atoms with E-state index in [0.717, 1.165) is 51.4 Å². The molecule has 0 aromatic rings. The third kappa shape index (κ3) is 6.14. The summed E-state index contributed by atoms with van der Waals surface area (Å²) in [4.78, 5) is 0. The highest BCUT2D eigenvalue weighted by molar-refractivity contribution is 4.67. The van der Waals surface area contributed by atoms with E-state index in [0.29, 0.717) is 13.2 Å². The molecule has 0 aromatic carbocycles. The van der Waals surface area contributed by atoms with Gasteiger partial charge in [0.15, 0.2) is 0 Å². The summed E-state index contributed by atoms with van der Waals surface area (Å²) in [6.07, 6.45) is 6.48. The van der Waals surface area contributed by atoms with Crippen LogP contribution in [0.25, 0.3) is 0 Å². The third-order valence-electron chi connectivity index (χ3n) is 3.14. The Labute approximate surface area is 111 Å². The van der Waals surface area contributed by atoms with Crippen LogP contribution in [-0.4, -0.2) is 30.6 Å². The van der Waals surface area contributed by atoms with E-state index >= 15 is 0 Å². The summed E-state index contributed by atoms with van der Waals surface area (Å²) in [6, 6.07) is 0. The predicted molar refractivity (Wildman–Crippen MR) is 70.0 cm³/mol. The third-order valence-corrected chi connectivity index (χ3v) is 3.14. The molecule has 0 amide bonds. The molecule has 1 unspecified atom stereocenters. The average molecular weight is 260 g/mol. The molecule has 108 valence electrons. The van der Waals surface area contributed by atoms with Gasteiger partial charge in [-0.25, -0.2) is 0 Å². The van der Waals surface area contributed by atoms with Crippen molar-refractivity contribution in [3.05, 3.63) is 0 Å². The Balaban J connectivity index is 2.34. The van der Waals surface area contributed by atoms with Gasteiger partial charge in [0.1, 0.15) is 0 Å². The Hall–Kier alpha value is -0.160. The number of aliphatic hydroxyl groups is 1. The summed E-state index contributed by atoms with van der Waals surface area (Å²) in [5.74, 6) is 0. The van der Waals surface area contributed by atoms with Crippen molar-refractivity contribution in [3.8, 4) is 0 Å². The van der Waals surface area contributed by atoms with Gasteiger partial charge in [-0.15, -0.1) is 0 Å². The monoisotopic (exact) mass is 260 g/mol. The second-order valence-electron chi connectivity index (χ2n) is 4.95. The van der Waals surface area contributed by atoms with E-state index in [2.05, 4.69) is 6.92 Å². The van der Waals surface area contributed by atoms with E-state index < -0.39 is 6.16 Å². The number of hydrogen-bond donors (Lipinski definition) is 1. The maximum atomic E-state index is 10.2. The highest BCUT2D eigenvalue weighted by Gasteiger charge is 2.35. The number of ether oxygens (including phenoxy) is 3. The quantitative estimate of drug-likeness (QED) is 0.484. The zero-order chi connectivity index (χ0) is 13.3. The fourth-order valence-electron chi connectivity index (χ4n) is 2.11. The second kappa shape index (κ2) is 8.86. The summed E-state index contributed by atoms with van der Waals surface area (Å²) < 4.78 is 16.3. The minimum atomic E-state index is -1.83. The van der Waals surface area contributed by atoms with E-state index in [9.17, 15) is 5.11 Å². The summed E-state index contributed by atoms with van der Waals surface area (Å²) >= 11 is 0. The SMILES string of the molecule is CCCCCOC(O)(OCCC)OC1CCCC1. The van der Waals surface area contributed by atoms with Crippen molar-refractivity contribution in [1.29, 1.82) is 0 Å². The molecule has 0 radical (unpaired) electrons. The van der Waals surface area contributed by atoms with Gasteiger partial charge in [0.2, 0.25) is 0 Å². The van der Waals surface area contributed by atoms with Crippen molar-refractivity contribution >= 4 is 0 Å². The number of rotatable bonds is 10. The molecular weight excluding hydrogens is 232 g/mol. The molecule has 4 nitrogen and oxygen atoms in total. The van der Waals surface area contributed by atoms with Crippen LogP contribution in [0.15, 0.2) is 0 Å². The van der Waals surface area contributed by atoms with Crippen molar-refractivity contribution in [2.45, 2.75) is 77.5 Å². The molecule has 0 saturated heterocycles. The Morgan fingerprint density at radius 2 is 1.67 bits per heavy atom. The Bertz CT molecular complexity index is 204. The minimum Gasteiger partial charge on any atom is -0.319 e. The fraction of sp³-hybridized carbons (Fsp3) is 1.00. The topological polar surface area (TPSA) is 47.9 Å².